The molecule has 0 saturated heterocycles. The number of likely N-dealkylation sites (N-methyl/N-ethyl adjacent to an activating group) is 1. The molecular formula is C8H17NO. The molecule has 0 spiro atoms. The quantitative estimate of drug-likeness (QED) is 0.577. The number of hydrogen-bond donors (Lipinski definition) is 1. The van der Waals surface area contributed by atoms with Gasteiger partial charge in [-0.1, -0.05) is 19.9 Å². The smallest absolute Gasteiger partial charge is 0.0845 e. The standard InChI is InChI=1S/C8H17NO/c1-4-8(10)7-9(5-2)6-3/h4,8,10H,1,5-7H2,2-3H3/t8-/m0/s1. The third kappa shape index (κ3) is 3.64. The molecule has 0 aliphatic rings. The maximum atomic E-state index is 9.13. The molecule has 0 bridgehead atoms. The molecular weight excluding hydrogens is 126 g/mol. The third-order valence-electron chi connectivity index (χ3n) is 1.61. The number of rotatable bonds is 5. The average molecular weight is 143 g/mol. The number of aliphatic hydroxyl groups is 1. The molecule has 0 heterocycles. The van der Waals surface area contributed by atoms with Crippen molar-refractivity contribution >= 4 is 0 Å². The van der Waals surface area contributed by atoms with E-state index in [1.54, 1.807) is 6.08 Å². The Morgan fingerprint density at radius 2 is 2.00 bits per heavy atom. The normalized spacial score (nSPS) is 13.6. The fourth-order valence-corrected chi connectivity index (χ4v) is 0.821. The van der Waals surface area contributed by atoms with Crippen LogP contribution in [0.1, 0.15) is 13.8 Å². The van der Waals surface area contributed by atoms with Crippen molar-refractivity contribution in [3.8, 4) is 0 Å². The van der Waals surface area contributed by atoms with Gasteiger partial charge in [0, 0.05) is 6.54 Å². The van der Waals surface area contributed by atoms with Gasteiger partial charge in [-0.25, -0.2) is 0 Å². The summed E-state index contributed by atoms with van der Waals surface area (Å²) in [7, 11) is 0. The van der Waals surface area contributed by atoms with Gasteiger partial charge in [-0.2, -0.15) is 0 Å². The van der Waals surface area contributed by atoms with Crippen LogP contribution in [0.3, 0.4) is 0 Å². The first kappa shape index (κ1) is 9.66. The molecule has 0 aliphatic heterocycles. The molecule has 1 atom stereocenters. The van der Waals surface area contributed by atoms with E-state index in [0.717, 1.165) is 13.1 Å². The minimum Gasteiger partial charge on any atom is -0.388 e. The summed E-state index contributed by atoms with van der Waals surface area (Å²) in [6, 6.07) is 0. The van der Waals surface area contributed by atoms with Crippen molar-refractivity contribution < 1.29 is 5.11 Å². The van der Waals surface area contributed by atoms with Crippen molar-refractivity contribution in [2.24, 2.45) is 0 Å². The van der Waals surface area contributed by atoms with Crippen molar-refractivity contribution in [1.29, 1.82) is 0 Å². The van der Waals surface area contributed by atoms with E-state index < -0.39 is 0 Å². The molecule has 1 N–H and O–H groups in total. The Bertz CT molecular complexity index is 89.3. The third-order valence-corrected chi connectivity index (χ3v) is 1.61. The number of aliphatic hydroxyl groups excluding tert-OH is 1. The highest BCUT2D eigenvalue weighted by Crippen LogP contribution is 1.91. The van der Waals surface area contributed by atoms with Crippen LogP contribution in [0.4, 0.5) is 0 Å². The highest BCUT2D eigenvalue weighted by molar-refractivity contribution is 4.80. The summed E-state index contributed by atoms with van der Waals surface area (Å²) in [6.07, 6.45) is 1.19. The first-order valence-corrected chi connectivity index (χ1v) is 3.77. The minimum atomic E-state index is -0.375. The highest BCUT2D eigenvalue weighted by Gasteiger charge is 2.03. The molecule has 0 aromatic carbocycles. The second-order valence-electron chi connectivity index (χ2n) is 2.29. The van der Waals surface area contributed by atoms with E-state index in [1.165, 1.54) is 0 Å². The SMILES string of the molecule is C=C[C@H](O)CN(CC)CC. The first-order chi connectivity index (χ1) is 4.74. The van der Waals surface area contributed by atoms with E-state index >= 15 is 0 Å². The molecule has 0 aliphatic carbocycles. The van der Waals surface area contributed by atoms with Crippen LogP contribution < -0.4 is 0 Å². The number of nitrogens with zero attached hydrogens (tertiary/aromatic N) is 1. The van der Waals surface area contributed by atoms with Gasteiger partial charge in [0.2, 0.25) is 0 Å². The van der Waals surface area contributed by atoms with Crippen LogP contribution in [0.15, 0.2) is 12.7 Å². The predicted molar refractivity (Wildman–Crippen MR) is 44.0 cm³/mol. The van der Waals surface area contributed by atoms with E-state index in [4.69, 9.17) is 5.11 Å². The van der Waals surface area contributed by atoms with Crippen molar-refractivity contribution in [3.63, 3.8) is 0 Å². The minimum absolute atomic E-state index is 0.375. The van der Waals surface area contributed by atoms with Gasteiger partial charge < -0.3 is 10.0 Å². The Kier molecular flexibility index (Phi) is 5.26. The molecule has 0 amide bonds. The zero-order valence-corrected chi connectivity index (χ0v) is 6.88. The van der Waals surface area contributed by atoms with Crippen LogP contribution in [0.5, 0.6) is 0 Å². The molecule has 0 aromatic heterocycles. The zero-order chi connectivity index (χ0) is 7.98. The van der Waals surface area contributed by atoms with Gasteiger partial charge >= 0.3 is 0 Å². The van der Waals surface area contributed by atoms with E-state index in [0.29, 0.717) is 6.54 Å². The van der Waals surface area contributed by atoms with Gasteiger partial charge in [-0.15, -0.1) is 6.58 Å². The molecule has 60 valence electrons. The van der Waals surface area contributed by atoms with Crippen molar-refractivity contribution in [3.05, 3.63) is 12.7 Å². The topological polar surface area (TPSA) is 23.5 Å². The summed E-state index contributed by atoms with van der Waals surface area (Å²) in [5.41, 5.74) is 0. The molecule has 10 heavy (non-hydrogen) atoms. The average Bonchev–Trinajstić information content (AvgIpc) is 1.99. The van der Waals surface area contributed by atoms with Crippen LogP contribution in [-0.4, -0.2) is 35.7 Å². The molecule has 0 radical (unpaired) electrons. The summed E-state index contributed by atoms with van der Waals surface area (Å²) >= 11 is 0. The van der Waals surface area contributed by atoms with E-state index in [-0.39, 0.29) is 6.10 Å². The largest absolute Gasteiger partial charge is 0.388 e. The summed E-state index contributed by atoms with van der Waals surface area (Å²) in [5.74, 6) is 0. The predicted octanol–water partition coefficient (Wildman–Crippen LogP) is 0.875. The van der Waals surface area contributed by atoms with Crippen molar-refractivity contribution in [1.82, 2.24) is 4.90 Å². The maximum absolute atomic E-state index is 9.13. The van der Waals surface area contributed by atoms with E-state index in [9.17, 15) is 0 Å². The fraction of sp³-hybridized carbons (Fsp3) is 0.750. The molecule has 0 fully saturated rings. The summed E-state index contributed by atoms with van der Waals surface area (Å²) in [5, 5.41) is 9.13. The lowest BCUT2D eigenvalue weighted by Gasteiger charge is -2.19. The van der Waals surface area contributed by atoms with Gasteiger partial charge in [-0.05, 0) is 13.1 Å². The molecule has 0 saturated carbocycles. The molecule has 2 nitrogen and oxygen atoms in total. The summed E-state index contributed by atoms with van der Waals surface area (Å²) in [4.78, 5) is 2.16. The van der Waals surface area contributed by atoms with Crippen molar-refractivity contribution in [2.45, 2.75) is 20.0 Å². The van der Waals surface area contributed by atoms with Crippen molar-refractivity contribution in [2.75, 3.05) is 19.6 Å². The molecule has 0 unspecified atom stereocenters. The van der Waals surface area contributed by atoms with Gasteiger partial charge in [0.25, 0.3) is 0 Å². The second kappa shape index (κ2) is 5.45. The van der Waals surface area contributed by atoms with Crippen LogP contribution in [0, 0.1) is 0 Å². The number of hydrogen-bond acceptors (Lipinski definition) is 2. The Morgan fingerprint density at radius 1 is 1.50 bits per heavy atom. The molecule has 0 aromatic rings. The molecule has 2 heteroatoms. The first-order valence-electron chi connectivity index (χ1n) is 3.77. The highest BCUT2D eigenvalue weighted by atomic mass is 16.3. The van der Waals surface area contributed by atoms with Crippen LogP contribution >= 0.6 is 0 Å². The second-order valence-corrected chi connectivity index (χ2v) is 2.29. The van der Waals surface area contributed by atoms with Gasteiger partial charge in [0.1, 0.15) is 0 Å². The Morgan fingerprint density at radius 3 is 2.30 bits per heavy atom. The summed E-state index contributed by atoms with van der Waals surface area (Å²) in [6.45, 7) is 10.4. The van der Waals surface area contributed by atoms with Crippen LogP contribution in [-0.2, 0) is 0 Å². The lowest BCUT2D eigenvalue weighted by molar-refractivity contribution is 0.155. The monoisotopic (exact) mass is 143 g/mol. The molecule has 0 rings (SSSR count). The van der Waals surface area contributed by atoms with Gasteiger partial charge in [-0.3, -0.25) is 0 Å². The van der Waals surface area contributed by atoms with Crippen LogP contribution in [0.25, 0.3) is 0 Å². The maximum Gasteiger partial charge on any atom is 0.0845 e. The van der Waals surface area contributed by atoms with E-state index in [1.807, 2.05) is 0 Å². The van der Waals surface area contributed by atoms with Gasteiger partial charge in [0.15, 0.2) is 0 Å². The van der Waals surface area contributed by atoms with E-state index in [2.05, 4.69) is 25.3 Å². The lowest BCUT2D eigenvalue weighted by Crippen LogP contribution is -2.30. The zero-order valence-electron chi connectivity index (χ0n) is 6.88. The van der Waals surface area contributed by atoms with Gasteiger partial charge in [0.05, 0.1) is 6.10 Å². The van der Waals surface area contributed by atoms with Crippen LogP contribution in [0.2, 0.25) is 0 Å². The fourth-order valence-electron chi connectivity index (χ4n) is 0.821. The summed E-state index contributed by atoms with van der Waals surface area (Å²) < 4.78 is 0. The Balaban J connectivity index is 3.51. The Hall–Kier alpha value is -0.340. The lowest BCUT2D eigenvalue weighted by atomic mass is 10.3. The Labute approximate surface area is 63.2 Å².